The lowest BCUT2D eigenvalue weighted by Gasteiger charge is -2.20. The van der Waals surface area contributed by atoms with Crippen molar-refractivity contribution in [2.45, 2.75) is 36.0 Å². The highest BCUT2D eigenvalue weighted by Gasteiger charge is 2.18. The van der Waals surface area contributed by atoms with Crippen LogP contribution in [0.15, 0.2) is 58.1 Å². The lowest BCUT2D eigenvalue weighted by Crippen LogP contribution is -2.35. The van der Waals surface area contributed by atoms with Gasteiger partial charge in [-0.15, -0.1) is 11.8 Å². The van der Waals surface area contributed by atoms with Crippen molar-refractivity contribution in [3.05, 3.63) is 65.6 Å². The molecule has 6 heteroatoms. The van der Waals surface area contributed by atoms with Crippen molar-refractivity contribution in [1.82, 2.24) is 5.32 Å². The highest BCUT2D eigenvalue weighted by molar-refractivity contribution is 7.98. The van der Waals surface area contributed by atoms with Crippen molar-refractivity contribution in [1.29, 1.82) is 0 Å². The largest absolute Gasteiger partial charge is 0.478 e. The van der Waals surface area contributed by atoms with E-state index in [-0.39, 0.29) is 17.5 Å². The van der Waals surface area contributed by atoms with Crippen LogP contribution in [0.1, 0.15) is 45.7 Å². The number of rotatable bonds is 6. The van der Waals surface area contributed by atoms with Gasteiger partial charge in [-0.25, -0.2) is 4.79 Å². The molecule has 1 aromatic heterocycles. The Bertz CT molecular complexity index is 796. The first-order valence-corrected chi connectivity index (χ1v) is 9.11. The summed E-state index contributed by atoms with van der Waals surface area (Å²) < 4.78 is 5.26. The number of amides is 1. The molecule has 0 saturated carbocycles. The number of hydrogen-bond acceptors (Lipinski definition) is 4. The third kappa shape index (κ3) is 4.33. The Morgan fingerprint density at radius 1 is 1.20 bits per heavy atom. The Hall–Kier alpha value is -2.47. The van der Waals surface area contributed by atoms with E-state index in [0.29, 0.717) is 17.1 Å². The molecule has 0 fully saturated rings. The number of carboxylic acid groups (broad SMARTS) is 1. The number of hydrogen-bond donors (Lipinski definition) is 2. The van der Waals surface area contributed by atoms with Gasteiger partial charge in [0.1, 0.15) is 11.3 Å². The standard InChI is InChI=1S/C19H19NO4S/c21-18(20-13-6-2-1-3-7-13)15-8-4-5-9-17(15)25-12-16-14(19(22)23)10-11-24-16/h1-2,4-5,8-11,13H,3,6-7,12H2,(H,20,21)(H,22,23). The number of carbonyl (C=O) groups is 2. The monoisotopic (exact) mass is 357 g/mol. The van der Waals surface area contributed by atoms with Gasteiger partial charge in [0.15, 0.2) is 0 Å². The van der Waals surface area contributed by atoms with E-state index in [4.69, 9.17) is 9.52 Å². The minimum absolute atomic E-state index is 0.0960. The van der Waals surface area contributed by atoms with E-state index in [1.54, 1.807) is 6.07 Å². The number of nitrogens with one attached hydrogen (secondary N) is 1. The number of thioether (sulfide) groups is 1. The Morgan fingerprint density at radius 3 is 2.80 bits per heavy atom. The summed E-state index contributed by atoms with van der Waals surface area (Å²) in [4.78, 5) is 24.6. The van der Waals surface area contributed by atoms with Gasteiger partial charge in [0.25, 0.3) is 5.91 Å². The van der Waals surface area contributed by atoms with Gasteiger partial charge < -0.3 is 14.8 Å². The molecule has 3 rings (SSSR count). The second-order valence-electron chi connectivity index (χ2n) is 5.80. The van der Waals surface area contributed by atoms with Crippen LogP contribution < -0.4 is 5.32 Å². The summed E-state index contributed by atoms with van der Waals surface area (Å²) in [6.45, 7) is 0. The fourth-order valence-electron chi connectivity index (χ4n) is 2.75. The van der Waals surface area contributed by atoms with E-state index >= 15 is 0 Å². The fourth-order valence-corrected chi connectivity index (χ4v) is 3.76. The van der Waals surface area contributed by atoms with E-state index in [9.17, 15) is 9.59 Å². The zero-order chi connectivity index (χ0) is 17.6. The average molecular weight is 357 g/mol. The van der Waals surface area contributed by atoms with E-state index in [1.165, 1.54) is 24.1 Å². The molecule has 1 heterocycles. The van der Waals surface area contributed by atoms with Gasteiger partial charge in [-0.3, -0.25) is 4.79 Å². The average Bonchev–Trinajstić information content (AvgIpc) is 3.10. The highest BCUT2D eigenvalue weighted by Crippen LogP contribution is 2.28. The first-order valence-electron chi connectivity index (χ1n) is 8.12. The molecule has 1 aromatic carbocycles. The Balaban J connectivity index is 1.70. The zero-order valence-electron chi connectivity index (χ0n) is 13.6. The Labute approximate surface area is 150 Å². The maximum absolute atomic E-state index is 12.6. The second kappa shape index (κ2) is 8.07. The van der Waals surface area contributed by atoms with E-state index in [2.05, 4.69) is 17.5 Å². The molecule has 1 atom stereocenters. The van der Waals surface area contributed by atoms with Gasteiger partial charge in [0.2, 0.25) is 0 Å². The highest BCUT2D eigenvalue weighted by atomic mass is 32.2. The van der Waals surface area contributed by atoms with Gasteiger partial charge in [0.05, 0.1) is 17.6 Å². The van der Waals surface area contributed by atoms with Crippen molar-refractivity contribution in [3.8, 4) is 0 Å². The van der Waals surface area contributed by atoms with Crippen LogP contribution in [0.3, 0.4) is 0 Å². The van der Waals surface area contributed by atoms with Gasteiger partial charge in [-0.1, -0.05) is 24.3 Å². The van der Waals surface area contributed by atoms with Crippen LogP contribution in [0.4, 0.5) is 0 Å². The number of carboxylic acids is 1. The van der Waals surface area contributed by atoms with Crippen molar-refractivity contribution in [3.63, 3.8) is 0 Å². The molecule has 0 radical (unpaired) electrons. The molecule has 1 unspecified atom stereocenters. The predicted molar refractivity (Wildman–Crippen MR) is 95.9 cm³/mol. The molecule has 0 aliphatic heterocycles. The lowest BCUT2D eigenvalue weighted by atomic mass is 10.0. The summed E-state index contributed by atoms with van der Waals surface area (Å²) in [6.07, 6.45) is 8.39. The van der Waals surface area contributed by atoms with Crippen LogP contribution in [0.2, 0.25) is 0 Å². The Morgan fingerprint density at radius 2 is 2.04 bits per heavy atom. The van der Waals surface area contributed by atoms with Crippen molar-refractivity contribution >= 4 is 23.6 Å². The topological polar surface area (TPSA) is 79.5 Å². The van der Waals surface area contributed by atoms with Gasteiger partial charge in [-0.05, 0) is 37.5 Å². The number of carbonyl (C=O) groups excluding carboxylic acids is 1. The number of allylic oxidation sites excluding steroid dienone is 1. The molecule has 1 aliphatic rings. The smallest absolute Gasteiger partial charge is 0.339 e. The van der Waals surface area contributed by atoms with Crippen LogP contribution in [0, 0.1) is 0 Å². The molecular weight excluding hydrogens is 338 g/mol. The maximum Gasteiger partial charge on any atom is 0.339 e. The third-order valence-corrected chi connectivity index (χ3v) is 5.14. The molecule has 0 saturated heterocycles. The van der Waals surface area contributed by atoms with Crippen LogP contribution in [0.25, 0.3) is 0 Å². The second-order valence-corrected chi connectivity index (χ2v) is 6.82. The summed E-state index contributed by atoms with van der Waals surface area (Å²) in [5.74, 6) is -0.363. The summed E-state index contributed by atoms with van der Waals surface area (Å²) in [6, 6.07) is 8.95. The van der Waals surface area contributed by atoms with Gasteiger partial charge >= 0.3 is 5.97 Å². The summed E-state index contributed by atoms with van der Waals surface area (Å²) in [5.41, 5.74) is 0.758. The summed E-state index contributed by atoms with van der Waals surface area (Å²) in [7, 11) is 0. The minimum Gasteiger partial charge on any atom is -0.478 e. The van der Waals surface area contributed by atoms with Crippen LogP contribution in [-0.4, -0.2) is 23.0 Å². The van der Waals surface area contributed by atoms with Gasteiger partial charge in [-0.2, -0.15) is 0 Å². The summed E-state index contributed by atoms with van der Waals surface area (Å²) in [5, 5.41) is 12.2. The molecule has 25 heavy (non-hydrogen) atoms. The predicted octanol–water partition coefficient (Wildman–Crippen LogP) is 4.11. The van der Waals surface area contributed by atoms with Gasteiger partial charge in [0, 0.05) is 10.9 Å². The SMILES string of the molecule is O=C(NC1CC=CCC1)c1ccccc1SCc1occc1C(=O)O. The third-order valence-electron chi connectivity index (χ3n) is 4.07. The fraction of sp³-hybridized carbons (Fsp3) is 0.263. The normalized spacial score (nSPS) is 16.6. The molecule has 0 bridgehead atoms. The molecule has 1 amide bonds. The van der Waals surface area contributed by atoms with E-state index < -0.39 is 5.97 Å². The molecule has 5 nitrogen and oxygen atoms in total. The van der Waals surface area contributed by atoms with Crippen LogP contribution >= 0.6 is 11.8 Å². The van der Waals surface area contributed by atoms with Crippen LogP contribution in [0.5, 0.6) is 0 Å². The van der Waals surface area contributed by atoms with Crippen molar-refractivity contribution in [2.75, 3.05) is 0 Å². The number of aromatic carboxylic acids is 1. The molecule has 2 N–H and O–H groups in total. The molecule has 2 aromatic rings. The number of benzene rings is 1. The van der Waals surface area contributed by atoms with E-state index in [0.717, 1.165) is 24.2 Å². The molecule has 0 spiro atoms. The van der Waals surface area contributed by atoms with E-state index in [1.807, 2.05) is 18.2 Å². The summed E-state index contributed by atoms with van der Waals surface area (Å²) >= 11 is 1.39. The quantitative estimate of drug-likeness (QED) is 0.601. The number of furan rings is 1. The first kappa shape index (κ1) is 17.4. The Kier molecular flexibility index (Phi) is 5.60. The van der Waals surface area contributed by atoms with Crippen LogP contribution in [-0.2, 0) is 5.75 Å². The first-order chi connectivity index (χ1) is 12.1. The molecule has 130 valence electrons. The molecule has 1 aliphatic carbocycles. The minimum atomic E-state index is -1.01. The molecular formula is C19H19NO4S. The van der Waals surface area contributed by atoms with Crippen molar-refractivity contribution in [2.24, 2.45) is 0 Å². The lowest BCUT2D eigenvalue weighted by molar-refractivity contribution is 0.0694. The zero-order valence-corrected chi connectivity index (χ0v) is 14.4. The van der Waals surface area contributed by atoms with Crippen molar-refractivity contribution < 1.29 is 19.1 Å². The maximum atomic E-state index is 12.6.